The summed E-state index contributed by atoms with van der Waals surface area (Å²) >= 11 is 0. The Kier molecular flexibility index (Phi) is 7.42. The Morgan fingerprint density at radius 2 is 1.90 bits per heavy atom. The van der Waals surface area contributed by atoms with Gasteiger partial charge in [0, 0.05) is 6.54 Å². The summed E-state index contributed by atoms with van der Waals surface area (Å²) in [4.78, 5) is 14.2. The van der Waals surface area contributed by atoms with E-state index in [4.69, 9.17) is 9.16 Å². The van der Waals surface area contributed by atoms with Gasteiger partial charge in [0.1, 0.15) is 11.4 Å². The number of carbonyl (C=O) groups is 1. The summed E-state index contributed by atoms with van der Waals surface area (Å²) in [5.41, 5.74) is 0.631. The number of aliphatic hydroxyl groups excluding tert-OH is 1. The van der Waals surface area contributed by atoms with Crippen molar-refractivity contribution in [3.63, 3.8) is 0 Å². The molecule has 7 heteroatoms. The summed E-state index contributed by atoms with van der Waals surface area (Å²) in [6, 6.07) is 3.98. The molecule has 2 rings (SSSR count). The highest BCUT2D eigenvalue weighted by Crippen LogP contribution is 2.38. The number of hydrogen-bond donors (Lipinski definition) is 1. The number of aliphatic hydroxyl groups is 1. The zero-order valence-corrected chi connectivity index (χ0v) is 20.7. The molecule has 170 valence electrons. The highest BCUT2D eigenvalue weighted by Gasteiger charge is 2.39. The van der Waals surface area contributed by atoms with Crippen LogP contribution in [0.5, 0.6) is 0 Å². The lowest BCUT2D eigenvalue weighted by Gasteiger charge is -2.36. The summed E-state index contributed by atoms with van der Waals surface area (Å²) in [6.45, 7) is 17.0. The minimum absolute atomic E-state index is 0.0259. The molecule has 0 bridgehead atoms. The van der Waals surface area contributed by atoms with Crippen LogP contribution in [-0.2, 0) is 15.8 Å². The fraction of sp³-hybridized carbons (Fsp3) is 0.696. The summed E-state index contributed by atoms with van der Waals surface area (Å²) in [5.74, 6) is -0.366. The molecular formula is C23H38FNO4Si. The molecule has 1 aliphatic heterocycles. The van der Waals surface area contributed by atoms with Crippen LogP contribution in [0.1, 0.15) is 71.6 Å². The number of ether oxygens (including phenoxy) is 1. The van der Waals surface area contributed by atoms with E-state index in [1.807, 2.05) is 20.8 Å². The molecule has 1 amide bonds. The van der Waals surface area contributed by atoms with E-state index in [2.05, 4.69) is 33.9 Å². The summed E-state index contributed by atoms with van der Waals surface area (Å²) in [7, 11) is -2.04. The molecule has 2 atom stereocenters. The van der Waals surface area contributed by atoms with Gasteiger partial charge in [0.15, 0.2) is 8.32 Å². The van der Waals surface area contributed by atoms with E-state index in [0.717, 1.165) is 6.42 Å². The molecule has 5 nitrogen and oxygen atoms in total. The third-order valence-corrected chi connectivity index (χ3v) is 10.6. The van der Waals surface area contributed by atoms with Crippen molar-refractivity contribution in [2.24, 2.45) is 0 Å². The Hall–Kier alpha value is -1.44. The summed E-state index contributed by atoms with van der Waals surface area (Å²) < 4.78 is 25.8. The monoisotopic (exact) mass is 439 g/mol. The number of rotatable bonds is 5. The van der Waals surface area contributed by atoms with E-state index in [1.54, 1.807) is 11.0 Å². The minimum atomic E-state index is -2.04. The largest absolute Gasteiger partial charge is 0.444 e. The van der Waals surface area contributed by atoms with Crippen molar-refractivity contribution in [1.82, 2.24) is 4.90 Å². The first-order chi connectivity index (χ1) is 13.6. The van der Waals surface area contributed by atoms with E-state index in [9.17, 15) is 14.3 Å². The first-order valence-electron chi connectivity index (χ1n) is 10.7. The molecule has 0 saturated carbocycles. The molecule has 1 saturated heterocycles. The quantitative estimate of drug-likeness (QED) is 0.591. The highest BCUT2D eigenvalue weighted by atomic mass is 28.4. The summed E-state index contributed by atoms with van der Waals surface area (Å²) in [5, 5.41) is 11.2. The molecule has 1 unspecified atom stereocenters. The van der Waals surface area contributed by atoms with Gasteiger partial charge < -0.3 is 19.2 Å². The number of benzene rings is 1. The number of amides is 1. The fourth-order valence-corrected chi connectivity index (χ4v) is 4.29. The zero-order valence-electron chi connectivity index (χ0n) is 19.7. The molecule has 0 radical (unpaired) electrons. The third kappa shape index (κ3) is 6.05. The second kappa shape index (κ2) is 8.97. The standard InChI is InChI=1S/C23H38FNO4Si/c1-22(2,3)29-21(27)25-13-9-10-19(25)20(26)18-12-11-17(24)14-16(18)15-28-30(7,8)23(4,5)6/h11-12,14,19-20,26H,9-10,13,15H2,1-8H3/t19-,20?/m0/s1. The lowest BCUT2D eigenvalue weighted by Crippen LogP contribution is -2.43. The number of nitrogens with zero attached hydrogens (tertiary/aromatic N) is 1. The molecular weight excluding hydrogens is 401 g/mol. The molecule has 1 aromatic carbocycles. The van der Waals surface area contributed by atoms with Crippen molar-refractivity contribution in [3.8, 4) is 0 Å². The van der Waals surface area contributed by atoms with Crippen LogP contribution in [0, 0.1) is 5.82 Å². The van der Waals surface area contributed by atoms with E-state index in [-0.39, 0.29) is 17.5 Å². The maximum absolute atomic E-state index is 14.0. The van der Waals surface area contributed by atoms with Gasteiger partial charge in [-0.1, -0.05) is 26.8 Å². The van der Waals surface area contributed by atoms with Gasteiger partial charge in [-0.3, -0.25) is 0 Å². The Morgan fingerprint density at radius 3 is 2.47 bits per heavy atom. The highest BCUT2D eigenvalue weighted by molar-refractivity contribution is 6.74. The lowest BCUT2D eigenvalue weighted by atomic mass is 9.96. The van der Waals surface area contributed by atoms with Crippen LogP contribution in [0.25, 0.3) is 0 Å². The molecule has 0 aliphatic carbocycles. The predicted octanol–water partition coefficient (Wildman–Crippen LogP) is 5.78. The molecule has 1 aromatic rings. The molecule has 1 heterocycles. The third-order valence-electron chi connectivity index (χ3n) is 6.11. The second-order valence-corrected chi connectivity index (χ2v) is 15.5. The molecule has 1 aliphatic rings. The Bertz CT molecular complexity index is 755. The average Bonchev–Trinajstić information content (AvgIpc) is 3.07. The van der Waals surface area contributed by atoms with Gasteiger partial charge in [0.25, 0.3) is 0 Å². The maximum Gasteiger partial charge on any atom is 0.410 e. The van der Waals surface area contributed by atoms with Crippen LogP contribution >= 0.6 is 0 Å². The van der Waals surface area contributed by atoms with Gasteiger partial charge in [-0.15, -0.1) is 0 Å². The number of halogens is 1. The van der Waals surface area contributed by atoms with Crippen LogP contribution in [0.3, 0.4) is 0 Å². The molecule has 0 spiro atoms. The van der Waals surface area contributed by atoms with Crippen LogP contribution in [0.15, 0.2) is 18.2 Å². The van der Waals surface area contributed by atoms with E-state index in [0.29, 0.717) is 24.1 Å². The molecule has 1 N–H and O–H groups in total. The van der Waals surface area contributed by atoms with Crippen molar-refractivity contribution in [2.75, 3.05) is 6.54 Å². The van der Waals surface area contributed by atoms with Gasteiger partial charge in [0.05, 0.1) is 18.8 Å². The van der Waals surface area contributed by atoms with Gasteiger partial charge in [-0.2, -0.15) is 0 Å². The van der Waals surface area contributed by atoms with Crippen molar-refractivity contribution in [3.05, 3.63) is 35.1 Å². The maximum atomic E-state index is 14.0. The van der Waals surface area contributed by atoms with Crippen molar-refractivity contribution < 1.29 is 23.5 Å². The second-order valence-electron chi connectivity index (χ2n) is 10.7. The van der Waals surface area contributed by atoms with Crippen LogP contribution < -0.4 is 0 Å². The fourth-order valence-electron chi connectivity index (χ4n) is 3.34. The lowest BCUT2D eigenvalue weighted by molar-refractivity contribution is 0.00462. The zero-order chi connectivity index (χ0) is 22.9. The normalized spacial score (nSPS) is 19.1. The summed E-state index contributed by atoms with van der Waals surface area (Å²) in [6.07, 6.45) is 0.0991. The van der Waals surface area contributed by atoms with Crippen molar-refractivity contribution >= 4 is 14.4 Å². The topological polar surface area (TPSA) is 59.0 Å². The number of carbonyl (C=O) groups excluding carboxylic acids is 1. The van der Waals surface area contributed by atoms with Crippen LogP contribution in [0.2, 0.25) is 18.1 Å². The first-order valence-corrected chi connectivity index (χ1v) is 13.6. The van der Waals surface area contributed by atoms with Gasteiger partial charge in [-0.25, -0.2) is 9.18 Å². The van der Waals surface area contributed by atoms with Crippen LogP contribution in [0.4, 0.5) is 9.18 Å². The average molecular weight is 440 g/mol. The van der Waals surface area contributed by atoms with Crippen LogP contribution in [-0.4, -0.2) is 42.6 Å². The van der Waals surface area contributed by atoms with Crippen molar-refractivity contribution in [2.45, 2.75) is 96.9 Å². The Balaban J connectivity index is 2.25. The Morgan fingerprint density at radius 1 is 1.27 bits per heavy atom. The number of likely N-dealkylation sites (tertiary alicyclic amines) is 1. The minimum Gasteiger partial charge on any atom is -0.444 e. The first kappa shape index (κ1) is 24.8. The molecule has 1 fully saturated rings. The Labute approximate surface area is 181 Å². The predicted molar refractivity (Wildman–Crippen MR) is 119 cm³/mol. The van der Waals surface area contributed by atoms with E-state index >= 15 is 0 Å². The molecule has 30 heavy (non-hydrogen) atoms. The van der Waals surface area contributed by atoms with Gasteiger partial charge >= 0.3 is 6.09 Å². The molecule has 0 aromatic heterocycles. The smallest absolute Gasteiger partial charge is 0.410 e. The van der Waals surface area contributed by atoms with Crippen molar-refractivity contribution in [1.29, 1.82) is 0 Å². The van der Waals surface area contributed by atoms with Gasteiger partial charge in [0.2, 0.25) is 0 Å². The van der Waals surface area contributed by atoms with E-state index in [1.165, 1.54) is 12.1 Å². The number of hydrogen-bond acceptors (Lipinski definition) is 4. The van der Waals surface area contributed by atoms with E-state index < -0.39 is 32.2 Å². The van der Waals surface area contributed by atoms with Gasteiger partial charge in [-0.05, 0) is 75.0 Å². The SMILES string of the molecule is CC(C)(C)OC(=O)N1CCC[C@H]1C(O)c1ccc(F)cc1CO[Si](C)(C)C(C)(C)C.